The molecule has 0 saturated heterocycles. The molecular weight excluding hydrogens is 414 g/mol. The Kier molecular flexibility index (Phi) is 5.41. The molecule has 31 heavy (non-hydrogen) atoms. The van der Waals surface area contributed by atoms with Crippen molar-refractivity contribution >= 4 is 5.90 Å². The Labute approximate surface area is 175 Å². The molecule has 160 valence electrons. The minimum absolute atomic E-state index is 0.0755. The predicted molar refractivity (Wildman–Crippen MR) is 106 cm³/mol. The topological polar surface area (TPSA) is 51.0 Å². The molecule has 0 unspecified atom stereocenters. The molecule has 0 radical (unpaired) electrons. The second-order valence-electron chi connectivity index (χ2n) is 7.03. The number of aliphatic hydroxyl groups is 1. The highest BCUT2D eigenvalue weighted by Gasteiger charge is 2.32. The van der Waals surface area contributed by atoms with Gasteiger partial charge in [-0.3, -0.25) is 0 Å². The Hall–Kier alpha value is -3.39. The molecule has 0 fully saturated rings. The summed E-state index contributed by atoms with van der Waals surface area (Å²) in [7, 11) is 0. The van der Waals surface area contributed by atoms with Gasteiger partial charge < -0.3 is 14.6 Å². The lowest BCUT2D eigenvalue weighted by atomic mass is 9.99. The summed E-state index contributed by atoms with van der Waals surface area (Å²) in [4.78, 5) is 4.38. The van der Waals surface area contributed by atoms with Crippen LogP contribution in [0.4, 0.5) is 17.6 Å². The molecule has 0 aliphatic carbocycles. The molecule has 8 heteroatoms. The number of halogens is 4. The monoisotopic (exact) mass is 431 g/mol. The summed E-state index contributed by atoms with van der Waals surface area (Å²) in [6.45, 7) is 1.77. The normalized spacial score (nSPS) is 18.5. The highest BCUT2D eigenvalue weighted by atomic mass is 19.3. The second kappa shape index (κ2) is 8.03. The summed E-state index contributed by atoms with van der Waals surface area (Å²) < 4.78 is 62.8. The summed E-state index contributed by atoms with van der Waals surface area (Å²) >= 11 is 0. The van der Waals surface area contributed by atoms with Crippen LogP contribution in [-0.2, 0) is 4.74 Å². The molecule has 1 heterocycles. The molecule has 1 N–H and O–H groups in total. The Morgan fingerprint density at radius 3 is 2.00 bits per heavy atom. The fourth-order valence-corrected chi connectivity index (χ4v) is 3.40. The van der Waals surface area contributed by atoms with Crippen molar-refractivity contribution in [3.63, 3.8) is 0 Å². The van der Waals surface area contributed by atoms with Gasteiger partial charge in [0.1, 0.15) is 35.1 Å². The molecule has 3 aromatic rings. The van der Waals surface area contributed by atoms with Crippen molar-refractivity contribution in [1.82, 2.24) is 0 Å². The zero-order chi connectivity index (χ0) is 22.2. The number of rotatable bonds is 5. The molecule has 3 aromatic carbocycles. The third-order valence-corrected chi connectivity index (χ3v) is 4.86. The summed E-state index contributed by atoms with van der Waals surface area (Å²) in [5.74, 6) is -1.73. The van der Waals surface area contributed by atoms with Crippen LogP contribution in [0.2, 0.25) is 0 Å². The van der Waals surface area contributed by atoms with E-state index in [9.17, 15) is 17.6 Å². The molecule has 1 aliphatic heterocycles. The molecule has 0 aromatic heterocycles. The molecule has 0 bridgehead atoms. The van der Waals surface area contributed by atoms with Crippen LogP contribution in [0.5, 0.6) is 5.75 Å². The Balaban J connectivity index is 1.55. The molecular formula is C23H17F4NO3. The van der Waals surface area contributed by atoms with Crippen LogP contribution >= 0.6 is 0 Å². The van der Waals surface area contributed by atoms with E-state index < -0.39 is 30.1 Å². The zero-order valence-corrected chi connectivity index (χ0v) is 16.2. The van der Waals surface area contributed by atoms with Crippen LogP contribution in [0.25, 0.3) is 11.1 Å². The lowest BCUT2D eigenvalue weighted by molar-refractivity contribution is -0.327. The maximum atomic E-state index is 14.1. The number of hydrogen-bond acceptors (Lipinski definition) is 4. The minimum Gasteiger partial charge on any atom is -0.472 e. The fraction of sp³-hybridized carbons (Fsp3) is 0.174. The first-order valence-corrected chi connectivity index (χ1v) is 9.40. The summed E-state index contributed by atoms with van der Waals surface area (Å²) in [5, 5.41) is 8.42. The molecule has 1 aliphatic rings. The van der Waals surface area contributed by atoms with Gasteiger partial charge in [-0.05, 0) is 47.9 Å². The van der Waals surface area contributed by atoms with Gasteiger partial charge >= 0.3 is 6.29 Å². The van der Waals surface area contributed by atoms with Crippen LogP contribution in [0.1, 0.15) is 24.1 Å². The van der Waals surface area contributed by atoms with Crippen molar-refractivity contribution in [2.24, 2.45) is 4.99 Å². The van der Waals surface area contributed by atoms with E-state index in [1.165, 1.54) is 18.2 Å². The Morgan fingerprint density at radius 1 is 0.903 bits per heavy atom. The number of nitrogens with zero attached hydrogens (tertiary/aromatic N) is 1. The largest absolute Gasteiger partial charge is 0.532 e. The van der Waals surface area contributed by atoms with Crippen LogP contribution in [-0.4, -0.2) is 23.4 Å². The van der Waals surface area contributed by atoms with E-state index in [1.54, 1.807) is 19.1 Å². The van der Waals surface area contributed by atoms with E-state index in [4.69, 9.17) is 9.84 Å². The van der Waals surface area contributed by atoms with Gasteiger partial charge in [-0.15, -0.1) is 8.78 Å². The lowest BCUT2D eigenvalue weighted by Gasteiger charge is -2.14. The van der Waals surface area contributed by atoms with E-state index in [1.807, 2.05) is 24.3 Å². The van der Waals surface area contributed by atoms with Gasteiger partial charge in [0.2, 0.25) is 5.90 Å². The third-order valence-electron chi connectivity index (χ3n) is 4.86. The number of ether oxygens (including phenoxy) is 2. The standard InChI is InChI=1S/C23H17F4NO3/c1-13-21(28-22(30-13)20-18(24)3-2-4-19(20)25)16-7-5-14(6-8-16)15-9-11-17(12-10-15)31-23(26,27)29/h2-13,21,29H,1H3/t13-,21+/m1/s1. The second-order valence-corrected chi connectivity index (χ2v) is 7.03. The molecule has 4 rings (SSSR count). The predicted octanol–water partition coefficient (Wildman–Crippen LogP) is 5.46. The lowest BCUT2D eigenvalue weighted by Crippen LogP contribution is -2.23. The van der Waals surface area contributed by atoms with E-state index in [0.717, 1.165) is 28.8 Å². The SMILES string of the molecule is C[C@H]1OC(c2c(F)cccc2F)=N[C@@H]1c1ccc(-c2ccc(OC(O)(F)F)cc2)cc1. The Bertz CT molecular complexity index is 1090. The number of hydrogen-bond donors (Lipinski definition) is 1. The van der Waals surface area contributed by atoms with Gasteiger partial charge in [0.25, 0.3) is 0 Å². The number of benzene rings is 3. The van der Waals surface area contributed by atoms with Gasteiger partial charge in [0.05, 0.1) is 0 Å². The van der Waals surface area contributed by atoms with Gasteiger partial charge in [0.15, 0.2) is 0 Å². The van der Waals surface area contributed by atoms with Gasteiger partial charge in [0, 0.05) is 0 Å². The average molecular weight is 431 g/mol. The maximum Gasteiger partial charge on any atom is 0.532 e. The minimum atomic E-state index is -4.24. The first-order valence-electron chi connectivity index (χ1n) is 9.40. The quantitative estimate of drug-likeness (QED) is 0.431. The van der Waals surface area contributed by atoms with Crippen LogP contribution < -0.4 is 4.74 Å². The number of alkyl halides is 2. The van der Waals surface area contributed by atoms with Crippen molar-refractivity contribution in [3.8, 4) is 16.9 Å². The highest BCUT2D eigenvalue weighted by molar-refractivity contribution is 5.96. The highest BCUT2D eigenvalue weighted by Crippen LogP contribution is 2.33. The van der Waals surface area contributed by atoms with Crippen LogP contribution in [0.3, 0.4) is 0 Å². The summed E-state index contributed by atoms with van der Waals surface area (Å²) in [6.07, 6.45) is -4.66. The zero-order valence-electron chi connectivity index (χ0n) is 16.2. The first kappa shape index (κ1) is 20.9. The first-order chi connectivity index (χ1) is 14.7. The van der Waals surface area contributed by atoms with Crippen LogP contribution in [0, 0.1) is 11.6 Å². The molecule has 0 amide bonds. The van der Waals surface area contributed by atoms with Crippen molar-refractivity contribution < 1.29 is 32.1 Å². The van der Waals surface area contributed by atoms with Crippen molar-refractivity contribution in [3.05, 3.63) is 89.5 Å². The van der Waals surface area contributed by atoms with E-state index in [0.29, 0.717) is 0 Å². The van der Waals surface area contributed by atoms with Crippen molar-refractivity contribution in [1.29, 1.82) is 0 Å². The van der Waals surface area contributed by atoms with Crippen molar-refractivity contribution in [2.45, 2.75) is 25.4 Å². The maximum absolute atomic E-state index is 14.1. The molecule has 2 atom stereocenters. The van der Waals surface area contributed by atoms with E-state index >= 15 is 0 Å². The van der Waals surface area contributed by atoms with Gasteiger partial charge in [-0.1, -0.05) is 42.5 Å². The fourth-order valence-electron chi connectivity index (χ4n) is 3.40. The van der Waals surface area contributed by atoms with Crippen molar-refractivity contribution in [2.75, 3.05) is 0 Å². The Morgan fingerprint density at radius 2 is 1.45 bits per heavy atom. The molecule has 4 nitrogen and oxygen atoms in total. The average Bonchev–Trinajstić information content (AvgIpc) is 3.08. The summed E-state index contributed by atoms with van der Waals surface area (Å²) in [6, 6.07) is 16.2. The third kappa shape index (κ3) is 4.54. The summed E-state index contributed by atoms with van der Waals surface area (Å²) in [5.41, 5.74) is 2.06. The van der Waals surface area contributed by atoms with E-state index in [-0.39, 0.29) is 17.2 Å². The molecule has 0 spiro atoms. The van der Waals surface area contributed by atoms with Gasteiger partial charge in [-0.25, -0.2) is 13.8 Å². The number of aliphatic imine (C=N–C) groups is 1. The smallest absolute Gasteiger partial charge is 0.472 e. The molecule has 0 saturated carbocycles. The van der Waals surface area contributed by atoms with E-state index in [2.05, 4.69) is 9.73 Å². The van der Waals surface area contributed by atoms with Crippen LogP contribution in [0.15, 0.2) is 71.7 Å². The van der Waals surface area contributed by atoms with Gasteiger partial charge in [-0.2, -0.15) is 0 Å².